The van der Waals surface area contributed by atoms with Crippen molar-refractivity contribution in [1.82, 2.24) is 9.80 Å². The first-order chi connectivity index (χ1) is 14.8. The molecule has 1 amide bonds. The molecule has 31 heavy (non-hydrogen) atoms. The molecule has 0 radical (unpaired) electrons. The van der Waals surface area contributed by atoms with Crippen LogP contribution in [0.2, 0.25) is 0 Å². The van der Waals surface area contributed by atoms with Gasteiger partial charge in [0, 0.05) is 51.0 Å². The highest BCUT2D eigenvalue weighted by Crippen LogP contribution is 2.28. The van der Waals surface area contributed by atoms with Crippen molar-refractivity contribution in [2.75, 3.05) is 27.2 Å². The molecule has 1 aliphatic heterocycles. The standard InChI is InChI=1S/C19H28N2O2.C4H4O4/c1-20(19(22)15-9-5-3-6-10-15)17-13-21(14-18(17)23-2)16-11-7-4-8-12-16;5-3(6)1-2-4(7)8/h3,5-6,9-10,16-18H,4,7-8,11-14H2,1-2H3;1-2H,(H,5,6)(H,7,8). The molecule has 2 unspecified atom stereocenters. The van der Waals surface area contributed by atoms with Gasteiger partial charge in [-0.25, -0.2) is 9.59 Å². The number of carboxylic acids is 2. The largest absolute Gasteiger partial charge is 0.478 e. The second-order valence-electron chi connectivity index (χ2n) is 7.88. The zero-order valence-electron chi connectivity index (χ0n) is 18.1. The molecular weight excluding hydrogens is 400 g/mol. The maximum absolute atomic E-state index is 12.7. The lowest BCUT2D eigenvalue weighted by atomic mass is 9.94. The SMILES string of the molecule is COC1CN(C2CCCCC2)CC1N(C)C(=O)c1ccccc1.O=C(O)C=CC(=O)O. The Balaban J connectivity index is 0.000000366. The first kappa shape index (κ1) is 24.6. The molecule has 3 rings (SSSR count). The summed E-state index contributed by atoms with van der Waals surface area (Å²) in [5, 5.41) is 15.6. The van der Waals surface area contributed by atoms with Crippen LogP contribution in [0, 0.1) is 0 Å². The van der Waals surface area contributed by atoms with E-state index in [1.807, 2.05) is 42.3 Å². The predicted octanol–water partition coefficient (Wildman–Crippen LogP) is 2.50. The normalized spacial score (nSPS) is 22.0. The van der Waals surface area contributed by atoms with Crippen LogP contribution in [0.5, 0.6) is 0 Å². The molecule has 8 heteroatoms. The third-order valence-corrected chi connectivity index (χ3v) is 5.87. The summed E-state index contributed by atoms with van der Waals surface area (Å²) in [4.78, 5) is 36.3. The number of amides is 1. The molecule has 1 aliphatic carbocycles. The highest BCUT2D eigenvalue weighted by molar-refractivity contribution is 5.94. The van der Waals surface area contributed by atoms with E-state index >= 15 is 0 Å². The van der Waals surface area contributed by atoms with E-state index in [2.05, 4.69) is 4.90 Å². The quantitative estimate of drug-likeness (QED) is 0.665. The number of likely N-dealkylation sites (tertiary alicyclic amines) is 1. The molecule has 2 N–H and O–H groups in total. The van der Waals surface area contributed by atoms with E-state index in [1.165, 1.54) is 32.1 Å². The second kappa shape index (κ2) is 12.2. The van der Waals surface area contributed by atoms with Gasteiger partial charge in [0.1, 0.15) is 0 Å². The summed E-state index contributed by atoms with van der Waals surface area (Å²) < 4.78 is 5.72. The number of likely N-dealkylation sites (N-methyl/N-ethyl adjacent to an activating group) is 1. The van der Waals surface area contributed by atoms with Gasteiger partial charge < -0.3 is 19.8 Å². The van der Waals surface area contributed by atoms with Crippen LogP contribution in [0.15, 0.2) is 42.5 Å². The summed E-state index contributed by atoms with van der Waals surface area (Å²) in [7, 11) is 3.68. The fourth-order valence-corrected chi connectivity index (χ4v) is 4.21. The van der Waals surface area contributed by atoms with Crippen LogP contribution in [-0.4, -0.2) is 83.3 Å². The first-order valence-electron chi connectivity index (χ1n) is 10.6. The maximum atomic E-state index is 12.7. The highest BCUT2D eigenvalue weighted by Gasteiger charge is 2.40. The third kappa shape index (κ3) is 7.48. The highest BCUT2D eigenvalue weighted by atomic mass is 16.5. The summed E-state index contributed by atoms with van der Waals surface area (Å²) in [5.74, 6) is -2.43. The zero-order chi connectivity index (χ0) is 22.8. The summed E-state index contributed by atoms with van der Waals surface area (Å²) in [6.45, 7) is 1.87. The smallest absolute Gasteiger partial charge is 0.328 e. The van der Waals surface area contributed by atoms with Crippen molar-refractivity contribution in [1.29, 1.82) is 0 Å². The first-order valence-corrected chi connectivity index (χ1v) is 10.6. The van der Waals surface area contributed by atoms with Crippen LogP contribution in [0.1, 0.15) is 42.5 Å². The van der Waals surface area contributed by atoms with Gasteiger partial charge in [0.15, 0.2) is 0 Å². The Morgan fingerprint density at radius 1 is 1.00 bits per heavy atom. The van der Waals surface area contributed by atoms with Crippen molar-refractivity contribution in [2.45, 2.75) is 50.3 Å². The van der Waals surface area contributed by atoms with Gasteiger partial charge in [-0.15, -0.1) is 0 Å². The van der Waals surface area contributed by atoms with Crippen LogP contribution in [0.3, 0.4) is 0 Å². The Bertz CT molecular complexity index is 745. The Hall–Kier alpha value is -2.71. The van der Waals surface area contributed by atoms with Crippen LogP contribution in [0.4, 0.5) is 0 Å². The van der Waals surface area contributed by atoms with Crippen molar-refractivity contribution in [2.24, 2.45) is 0 Å². The molecule has 2 fully saturated rings. The van der Waals surface area contributed by atoms with Gasteiger partial charge in [-0.1, -0.05) is 37.5 Å². The topological polar surface area (TPSA) is 107 Å². The molecule has 1 saturated carbocycles. The molecule has 8 nitrogen and oxygen atoms in total. The molecule has 0 spiro atoms. The van der Waals surface area contributed by atoms with Gasteiger partial charge in [-0.2, -0.15) is 0 Å². The number of benzene rings is 1. The number of nitrogens with zero attached hydrogens (tertiary/aromatic N) is 2. The van der Waals surface area contributed by atoms with Gasteiger partial charge in [0.2, 0.25) is 0 Å². The molecule has 1 saturated heterocycles. The van der Waals surface area contributed by atoms with Crippen molar-refractivity contribution < 1.29 is 29.3 Å². The van der Waals surface area contributed by atoms with E-state index in [4.69, 9.17) is 14.9 Å². The van der Waals surface area contributed by atoms with E-state index in [0.717, 1.165) is 18.7 Å². The van der Waals surface area contributed by atoms with Gasteiger partial charge >= 0.3 is 11.9 Å². The van der Waals surface area contributed by atoms with E-state index < -0.39 is 11.9 Å². The number of carboxylic acid groups (broad SMARTS) is 2. The number of hydrogen-bond acceptors (Lipinski definition) is 5. The molecule has 0 aromatic heterocycles. The molecule has 1 aromatic carbocycles. The van der Waals surface area contributed by atoms with Crippen LogP contribution >= 0.6 is 0 Å². The average Bonchev–Trinajstić information content (AvgIpc) is 3.23. The third-order valence-electron chi connectivity index (χ3n) is 5.87. The minimum absolute atomic E-state index is 0.0862. The second-order valence-corrected chi connectivity index (χ2v) is 7.88. The lowest BCUT2D eigenvalue weighted by Crippen LogP contribution is -2.45. The fourth-order valence-electron chi connectivity index (χ4n) is 4.21. The molecule has 170 valence electrons. The minimum atomic E-state index is -1.26. The number of ether oxygens (including phenoxy) is 1. The molecule has 2 aliphatic rings. The Morgan fingerprint density at radius 3 is 2.10 bits per heavy atom. The van der Waals surface area contributed by atoms with Crippen molar-refractivity contribution >= 4 is 17.8 Å². The van der Waals surface area contributed by atoms with E-state index in [1.54, 1.807) is 7.11 Å². The van der Waals surface area contributed by atoms with Crippen molar-refractivity contribution in [3.63, 3.8) is 0 Å². The average molecular weight is 433 g/mol. The zero-order valence-corrected chi connectivity index (χ0v) is 18.1. The van der Waals surface area contributed by atoms with Gasteiger partial charge in [-0.05, 0) is 25.0 Å². The predicted molar refractivity (Wildman–Crippen MR) is 116 cm³/mol. The van der Waals surface area contributed by atoms with Gasteiger partial charge in [0.05, 0.1) is 12.1 Å². The lowest BCUT2D eigenvalue weighted by molar-refractivity contribution is -0.134. The Labute approximate surface area is 183 Å². The van der Waals surface area contributed by atoms with Gasteiger partial charge in [0.25, 0.3) is 5.91 Å². The number of aliphatic carboxylic acids is 2. The molecule has 2 atom stereocenters. The van der Waals surface area contributed by atoms with Crippen LogP contribution in [0.25, 0.3) is 0 Å². The monoisotopic (exact) mass is 432 g/mol. The fraction of sp³-hybridized carbons (Fsp3) is 0.522. The van der Waals surface area contributed by atoms with Crippen molar-refractivity contribution in [3.8, 4) is 0 Å². The summed E-state index contributed by atoms with van der Waals surface area (Å²) >= 11 is 0. The maximum Gasteiger partial charge on any atom is 0.328 e. The summed E-state index contributed by atoms with van der Waals surface area (Å²) in [5.41, 5.74) is 0.751. The summed E-state index contributed by atoms with van der Waals surface area (Å²) in [6.07, 6.45) is 7.84. The molecule has 1 aromatic rings. The minimum Gasteiger partial charge on any atom is -0.478 e. The van der Waals surface area contributed by atoms with Crippen LogP contribution in [-0.2, 0) is 14.3 Å². The van der Waals surface area contributed by atoms with Crippen molar-refractivity contribution in [3.05, 3.63) is 48.0 Å². The Kier molecular flexibility index (Phi) is 9.68. The van der Waals surface area contributed by atoms with E-state index in [-0.39, 0.29) is 18.1 Å². The number of methoxy groups -OCH3 is 1. The van der Waals surface area contributed by atoms with E-state index in [0.29, 0.717) is 18.2 Å². The lowest BCUT2D eigenvalue weighted by Gasteiger charge is -2.31. The van der Waals surface area contributed by atoms with E-state index in [9.17, 15) is 14.4 Å². The number of carbonyl (C=O) groups is 3. The molecule has 0 bridgehead atoms. The number of carbonyl (C=O) groups excluding carboxylic acids is 1. The van der Waals surface area contributed by atoms with Crippen LogP contribution < -0.4 is 0 Å². The van der Waals surface area contributed by atoms with Gasteiger partial charge in [-0.3, -0.25) is 9.69 Å². The number of rotatable bonds is 6. The number of hydrogen-bond donors (Lipinski definition) is 2. The molecule has 1 heterocycles. The summed E-state index contributed by atoms with van der Waals surface area (Å²) in [6, 6.07) is 10.3. The Morgan fingerprint density at radius 2 is 1.58 bits per heavy atom. The molecular formula is C23H32N2O6.